The molecule has 1 saturated heterocycles. The number of hydrogen-bond donors (Lipinski definition) is 1. The Kier molecular flexibility index (Phi) is 3.96. The van der Waals surface area contributed by atoms with Crippen LogP contribution >= 0.6 is 15.9 Å². The summed E-state index contributed by atoms with van der Waals surface area (Å²) in [5, 5.41) is 10.5. The van der Waals surface area contributed by atoms with Crippen molar-refractivity contribution < 1.29 is 9.47 Å². The van der Waals surface area contributed by atoms with Crippen LogP contribution < -0.4 is 0 Å². The van der Waals surface area contributed by atoms with E-state index in [1.165, 1.54) is 27.8 Å². The number of nitrogens with zero attached hydrogens (tertiary/aromatic N) is 1. The first-order valence-electron chi connectivity index (χ1n) is 9.41. The predicted octanol–water partition coefficient (Wildman–Crippen LogP) is 4.64. The molecule has 0 bridgehead atoms. The Morgan fingerprint density at radius 3 is 2.89 bits per heavy atom. The van der Waals surface area contributed by atoms with Crippen LogP contribution in [0.2, 0.25) is 0 Å². The van der Waals surface area contributed by atoms with Crippen molar-refractivity contribution in [1.82, 2.24) is 4.98 Å². The minimum Gasteiger partial charge on any atom is -0.500 e. The lowest BCUT2D eigenvalue weighted by Gasteiger charge is -2.44. The number of H-pyrrole nitrogens is 1. The Hall–Kier alpha value is -2.03. The summed E-state index contributed by atoms with van der Waals surface area (Å²) in [5.74, 6) is 1.01. The smallest absolute Gasteiger partial charge is 0.110 e. The van der Waals surface area contributed by atoms with Crippen molar-refractivity contribution in [1.29, 1.82) is 5.26 Å². The SMILES string of the molecule is COC1=CC2=C(Cc3c([nH]c4cc(C#N)ccc34)C23CCOCC3)CC1Br. The van der Waals surface area contributed by atoms with Crippen LogP contribution in [0.5, 0.6) is 0 Å². The van der Waals surface area contributed by atoms with E-state index < -0.39 is 0 Å². The number of fused-ring (bicyclic) bond motifs is 5. The zero-order valence-corrected chi connectivity index (χ0v) is 16.9. The predicted molar refractivity (Wildman–Crippen MR) is 108 cm³/mol. The molecule has 138 valence electrons. The molecule has 2 aliphatic carbocycles. The zero-order chi connectivity index (χ0) is 18.6. The zero-order valence-electron chi connectivity index (χ0n) is 15.3. The molecular formula is C22H21BrN2O2. The van der Waals surface area contributed by atoms with Crippen molar-refractivity contribution in [3.63, 3.8) is 0 Å². The lowest BCUT2D eigenvalue weighted by molar-refractivity contribution is 0.0601. The van der Waals surface area contributed by atoms with E-state index in [1.807, 2.05) is 12.1 Å². The van der Waals surface area contributed by atoms with Gasteiger partial charge in [-0.05, 0) is 55.0 Å². The fourth-order valence-corrected chi connectivity index (χ4v) is 5.81. The first kappa shape index (κ1) is 17.1. The van der Waals surface area contributed by atoms with Gasteiger partial charge in [0.25, 0.3) is 0 Å². The van der Waals surface area contributed by atoms with Gasteiger partial charge in [0.1, 0.15) is 5.76 Å². The average Bonchev–Trinajstić information content (AvgIpc) is 3.07. The highest BCUT2D eigenvalue weighted by Crippen LogP contribution is 2.52. The second kappa shape index (κ2) is 6.25. The summed E-state index contributed by atoms with van der Waals surface area (Å²) in [4.78, 5) is 3.94. The molecule has 3 aliphatic rings. The third-order valence-corrected chi connectivity index (χ3v) is 7.18. The Morgan fingerprint density at radius 2 is 2.15 bits per heavy atom. The molecule has 27 heavy (non-hydrogen) atoms. The maximum atomic E-state index is 9.28. The molecule has 0 amide bonds. The molecule has 5 rings (SSSR count). The number of alkyl halides is 1. The third kappa shape index (κ3) is 2.43. The second-order valence-electron chi connectivity index (χ2n) is 7.66. The van der Waals surface area contributed by atoms with Gasteiger partial charge >= 0.3 is 0 Å². The van der Waals surface area contributed by atoms with Crippen LogP contribution in [0, 0.1) is 11.3 Å². The summed E-state index contributed by atoms with van der Waals surface area (Å²) in [5.41, 5.74) is 7.33. The standard InChI is InChI=1S/C22H21BrN2O2/c1-26-20-11-17-14(10-18(20)23)9-16-15-3-2-13(12-24)8-19(15)25-21(16)22(17)4-6-27-7-5-22/h2-3,8,11,18,25H,4-7,9-10H2,1H3. The molecule has 0 radical (unpaired) electrons. The van der Waals surface area contributed by atoms with Crippen molar-refractivity contribution in [3.8, 4) is 6.07 Å². The number of allylic oxidation sites excluding steroid dienone is 4. The van der Waals surface area contributed by atoms with Gasteiger partial charge in [0.2, 0.25) is 0 Å². The molecule has 1 aromatic carbocycles. The van der Waals surface area contributed by atoms with Gasteiger partial charge in [-0.15, -0.1) is 0 Å². The maximum absolute atomic E-state index is 9.28. The number of aromatic amines is 1. The number of aromatic nitrogens is 1. The number of rotatable bonds is 1. The lowest BCUT2D eigenvalue weighted by atomic mass is 9.63. The minimum atomic E-state index is -0.0517. The summed E-state index contributed by atoms with van der Waals surface area (Å²) >= 11 is 3.79. The van der Waals surface area contributed by atoms with Gasteiger partial charge < -0.3 is 14.5 Å². The van der Waals surface area contributed by atoms with Crippen LogP contribution in [0.25, 0.3) is 10.9 Å². The first-order valence-corrected chi connectivity index (χ1v) is 10.3. The number of nitrogens with one attached hydrogen (secondary N) is 1. The largest absolute Gasteiger partial charge is 0.500 e. The second-order valence-corrected chi connectivity index (χ2v) is 8.77. The lowest BCUT2D eigenvalue weighted by Crippen LogP contribution is -2.40. The molecule has 5 heteroatoms. The van der Waals surface area contributed by atoms with Gasteiger partial charge in [-0.3, -0.25) is 0 Å². The van der Waals surface area contributed by atoms with Crippen LogP contribution in [-0.4, -0.2) is 30.1 Å². The fraction of sp³-hybridized carbons (Fsp3) is 0.409. The van der Waals surface area contributed by atoms with E-state index in [0.29, 0.717) is 5.56 Å². The van der Waals surface area contributed by atoms with Crippen molar-refractivity contribution >= 4 is 26.8 Å². The monoisotopic (exact) mass is 424 g/mol. The molecule has 2 heterocycles. The summed E-state index contributed by atoms with van der Waals surface area (Å²) in [6.45, 7) is 1.53. The highest BCUT2D eigenvalue weighted by Gasteiger charge is 2.46. The van der Waals surface area contributed by atoms with Crippen molar-refractivity contribution in [2.24, 2.45) is 0 Å². The highest BCUT2D eigenvalue weighted by atomic mass is 79.9. The van der Waals surface area contributed by atoms with Gasteiger partial charge in [-0.2, -0.15) is 5.26 Å². The normalized spacial score (nSPS) is 23.6. The molecule has 1 spiro atoms. The molecule has 1 unspecified atom stereocenters. The molecule has 1 N–H and O–H groups in total. The van der Waals surface area contributed by atoms with E-state index in [4.69, 9.17) is 9.47 Å². The number of methoxy groups -OCH3 is 1. The number of ether oxygens (including phenoxy) is 2. The van der Waals surface area contributed by atoms with Crippen LogP contribution in [0.1, 0.15) is 36.1 Å². The topological polar surface area (TPSA) is 58.0 Å². The van der Waals surface area contributed by atoms with Gasteiger partial charge in [-0.25, -0.2) is 0 Å². The maximum Gasteiger partial charge on any atom is 0.110 e. The van der Waals surface area contributed by atoms with Gasteiger partial charge in [0, 0.05) is 35.2 Å². The molecule has 1 fully saturated rings. The van der Waals surface area contributed by atoms with E-state index in [0.717, 1.165) is 50.2 Å². The number of benzene rings is 1. The summed E-state index contributed by atoms with van der Waals surface area (Å²) in [6.07, 6.45) is 6.13. The Morgan fingerprint density at radius 1 is 1.33 bits per heavy atom. The van der Waals surface area contributed by atoms with Gasteiger partial charge in [0.15, 0.2) is 0 Å². The Balaban J connectivity index is 1.75. The summed E-state index contributed by atoms with van der Waals surface area (Å²) in [7, 11) is 1.75. The first-order chi connectivity index (χ1) is 13.2. The number of nitriles is 1. The van der Waals surface area contributed by atoms with Crippen molar-refractivity contribution in [2.45, 2.75) is 35.9 Å². The summed E-state index contributed by atoms with van der Waals surface area (Å²) in [6, 6.07) is 8.26. The van der Waals surface area contributed by atoms with Gasteiger partial charge in [-0.1, -0.05) is 27.6 Å². The van der Waals surface area contributed by atoms with Gasteiger partial charge in [0.05, 0.1) is 23.6 Å². The van der Waals surface area contributed by atoms with E-state index in [1.54, 1.807) is 7.11 Å². The van der Waals surface area contributed by atoms with E-state index in [2.05, 4.69) is 39.1 Å². The van der Waals surface area contributed by atoms with E-state index in [-0.39, 0.29) is 10.2 Å². The van der Waals surface area contributed by atoms with Crippen LogP contribution in [0.3, 0.4) is 0 Å². The molecule has 1 aliphatic heterocycles. The van der Waals surface area contributed by atoms with Crippen molar-refractivity contribution in [2.75, 3.05) is 20.3 Å². The fourth-order valence-electron chi connectivity index (χ4n) is 5.10. The Bertz CT molecular complexity index is 1030. The minimum absolute atomic E-state index is 0.0517. The molecule has 2 aromatic rings. The number of hydrogen-bond acceptors (Lipinski definition) is 3. The molecule has 0 saturated carbocycles. The van der Waals surface area contributed by atoms with Crippen LogP contribution in [0.15, 0.2) is 41.2 Å². The Labute approximate surface area is 167 Å². The molecular weight excluding hydrogens is 404 g/mol. The average molecular weight is 425 g/mol. The highest BCUT2D eigenvalue weighted by molar-refractivity contribution is 9.09. The van der Waals surface area contributed by atoms with E-state index >= 15 is 0 Å². The van der Waals surface area contributed by atoms with Crippen molar-refractivity contribution in [3.05, 3.63) is 58.0 Å². The molecule has 4 nitrogen and oxygen atoms in total. The van der Waals surface area contributed by atoms with E-state index in [9.17, 15) is 5.26 Å². The molecule has 1 aromatic heterocycles. The van der Waals surface area contributed by atoms with Crippen LogP contribution in [0.4, 0.5) is 0 Å². The molecule has 1 atom stereocenters. The number of halogens is 1. The third-order valence-electron chi connectivity index (χ3n) is 6.40. The summed E-state index contributed by atoms with van der Waals surface area (Å²) < 4.78 is 11.4. The van der Waals surface area contributed by atoms with Crippen LogP contribution in [-0.2, 0) is 21.3 Å². The quantitative estimate of drug-likeness (QED) is 0.678.